The molecule has 1 N–H and O–H groups in total. The van der Waals surface area contributed by atoms with Gasteiger partial charge < -0.3 is 14.7 Å². The fraction of sp³-hybridized carbons (Fsp3) is 0.533. The van der Waals surface area contributed by atoms with Crippen molar-refractivity contribution >= 4 is 5.97 Å². The zero-order valence-corrected chi connectivity index (χ0v) is 12.0. The molecule has 0 unspecified atom stereocenters. The van der Waals surface area contributed by atoms with Crippen molar-refractivity contribution in [3.8, 4) is 5.75 Å². The van der Waals surface area contributed by atoms with E-state index in [2.05, 4.69) is 24.0 Å². The second kappa shape index (κ2) is 7.79. The van der Waals surface area contributed by atoms with Gasteiger partial charge in [0.05, 0.1) is 7.11 Å². The number of aliphatic carboxylic acids is 1. The third-order valence-corrected chi connectivity index (χ3v) is 3.12. The average Bonchev–Trinajstić information content (AvgIpc) is 2.38. The summed E-state index contributed by atoms with van der Waals surface area (Å²) in [6.07, 6.45) is 1.89. The second-order valence-corrected chi connectivity index (χ2v) is 4.73. The molecule has 0 saturated heterocycles. The number of hydrogen-bond donors (Lipinski definition) is 1. The molecule has 0 radical (unpaired) electrons. The number of nitrogens with zero attached hydrogens (tertiary/aromatic N) is 1. The van der Waals surface area contributed by atoms with E-state index < -0.39 is 5.97 Å². The third kappa shape index (κ3) is 5.30. The predicted octanol–water partition coefficient (Wildman–Crippen LogP) is 2.55. The minimum Gasteiger partial charge on any atom is -0.496 e. The number of rotatable bonds is 8. The van der Waals surface area contributed by atoms with E-state index in [0.717, 1.165) is 30.8 Å². The van der Waals surface area contributed by atoms with Crippen LogP contribution in [0, 0.1) is 0 Å². The standard InChI is InChI=1S/C15H23NO3/c1-4-12-7-8-14(19-3)13(10-12)11-16(2)9-5-6-15(17)18/h7-8,10H,4-6,9,11H2,1-3H3,(H,17,18). The van der Waals surface area contributed by atoms with Crippen molar-refractivity contribution in [2.24, 2.45) is 0 Å². The highest BCUT2D eigenvalue weighted by Crippen LogP contribution is 2.21. The lowest BCUT2D eigenvalue weighted by atomic mass is 10.1. The van der Waals surface area contributed by atoms with Gasteiger partial charge in [0.1, 0.15) is 5.75 Å². The Bertz CT molecular complexity index is 418. The number of benzene rings is 1. The first-order valence-electron chi connectivity index (χ1n) is 6.63. The van der Waals surface area contributed by atoms with Gasteiger partial charge in [-0.3, -0.25) is 4.79 Å². The minimum absolute atomic E-state index is 0.219. The van der Waals surface area contributed by atoms with Gasteiger partial charge in [-0.05, 0) is 38.1 Å². The summed E-state index contributed by atoms with van der Waals surface area (Å²) >= 11 is 0. The van der Waals surface area contributed by atoms with Crippen LogP contribution in [0.15, 0.2) is 18.2 Å². The van der Waals surface area contributed by atoms with E-state index in [-0.39, 0.29) is 6.42 Å². The Kier molecular flexibility index (Phi) is 6.36. The van der Waals surface area contributed by atoms with Gasteiger partial charge in [0.25, 0.3) is 0 Å². The zero-order valence-electron chi connectivity index (χ0n) is 12.0. The molecular weight excluding hydrogens is 242 g/mol. The van der Waals surface area contributed by atoms with Gasteiger partial charge in [-0.1, -0.05) is 19.1 Å². The lowest BCUT2D eigenvalue weighted by molar-refractivity contribution is -0.137. The number of methoxy groups -OCH3 is 1. The number of carboxylic acid groups (broad SMARTS) is 1. The van der Waals surface area contributed by atoms with Gasteiger partial charge in [0.2, 0.25) is 0 Å². The third-order valence-electron chi connectivity index (χ3n) is 3.12. The second-order valence-electron chi connectivity index (χ2n) is 4.73. The van der Waals surface area contributed by atoms with Crippen molar-refractivity contribution < 1.29 is 14.6 Å². The smallest absolute Gasteiger partial charge is 0.303 e. The number of carbonyl (C=O) groups is 1. The minimum atomic E-state index is -0.737. The molecule has 1 aromatic rings. The lowest BCUT2D eigenvalue weighted by Gasteiger charge is -2.18. The molecule has 0 fully saturated rings. The molecule has 0 amide bonds. The van der Waals surface area contributed by atoms with Crippen LogP contribution in [0.4, 0.5) is 0 Å². The van der Waals surface area contributed by atoms with E-state index in [0.29, 0.717) is 6.42 Å². The molecule has 0 bridgehead atoms. The summed E-state index contributed by atoms with van der Waals surface area (Å²) < 4.78 is 5.37. The summed E-state index contributed by atoms with van der Waals surface area (Å²) in [5.74, 6) is 0.154. The van der Waals surface area contributed by atoms with E-state index in [1.54, 1.807) is 7.11 Å². The van der Waals surface area contributed by atoms with Gasteiger partial charge in [-0.2, -0.15) is 0 Å². The van der Waals surface area contributed by atoms with Crippen LogP contribution in [0.3, 0.4) is 0 Å². The molecular formula is C15H23NO3. The summed E-state index contributed by atoms with van der Waals surface area (Å²) in [5, 5.41) is 8.63. The van der Waals surface area contributed by atoms with Crippen LogP contribution in [0.1, 0.15) is 30.9 Å². The maximum atomic E-state index is 10.5. The highest BCUT2D eigenvalue weighted by molar-refractivity contribution is 5.66. The van der Waals surface area contributed by atoms with Crippen LogP contribution in [0.2, 0.25) is 0 Å². The van der Waals surface area contributed by atoms with Crippen LogP contribution in [0.5, 0.6) is 5.75 Å². The summed E-state index contributed by atoms with van der Waals surface area (Å²) in [7, 11) is 3.68. The van der Waals surface area contributed by atoms with Crippen molar-refractivity contribution in [1.29, 1.82) is 0 Å². The Labute approximate surface area is 115 Å². The van der Waals surface area contributed by atoms with E-state index in [4.69, 9.17) is 9.84 Å². The van der Waals surface area contributed by atoms with E-state index in [1.807, 2.05) is 13.1 Å². The highest BCUT2D eigenvalue weighted by Gasteiger charge is 2.08. The molecule has 1 aromatic carbocycles. The van der Waals surface area contributed by atoms with E-state index in [9.17, 15) is 4.79 Å². The first kappa shape index (κ1) is 15.5. The molecule has 4 heteroatoms. The Morgan fingerprint density at radius 3 is 2.74 bits per heavy atom. The predicted molar refractivity (Wildman–Crippen MR) is 75.6 cm³/mol. The number of hydrogen-bond acceptors (Lipinski definition) is 3. The van der Waals surface area contributed by atoms with Gasteiger partial charge in [0, 0.05) is 18.5 Å². The molecule has 4 nitrogen and oxygen atoms in total. The summed E-state index contributed by atoms with van der Waals surface area (Å²) in [6.45, 7) is 3.67. The zero-order chi connectivity index (χ0) is 14.3. The SMILES string of the molecule is CCc1ccc(OC)c(CN(C)CCCC(=O)O)c1. The quantitative estimate of drug-likeness (QED) is 0.785. The summed E-state index contributed by atoms with van der Waals surface area (Å²) in [4.78, 5) is 12.6. The molecule has 0 aliphatic heterocycles. The van der Waals surface area contributed by atoms with Crippen molar-refractivity contribution in [2.75, 3.05) is 20.7 Å². The summed E-state index contributed by atoms with van der Waals surface area (Å²) in [6, 6.07) is 6.23. The fourth-order valence-corrected chi connectivity index (χ4v) is 2.05. The molecule has 1 rings (SSSR count). The van der Waals surface area contributed by atoms with E-state index >= 15 is 0 Å². The van der Waals surface area contributed by atoms with Crippen molar-refractivity contribution in [1.82, 2.24) is 4.90 Å². The average molecular weight is 265 g/mol. The van der Waals surface area contributed by atoms with Gasteiger partial charge in [-0.15, -0.1) is 0 Å². The Hall–Kier alpha value is -1.55. The van der Waals surface area contributed by atoms with Crippen molar-refractivity contribution in [3.05, 3.63) is 29.3 Å². The van der Waals surface area contributed by atoms with Crippen LogP contribution < -0.4 is 4.74 Å². The summed E-state index contributed by atoms with van der Waals surface area (Å²) in [5.41, 5.74) is 2.44. The molecule has 0 atom stereocenters. The number of carboxylic acids is 1. The Morgan fingerprint density at radius 1 is 1.42 bits per heavy atom. The Balaban J connectivity index is 2.61. The van der Waals surface area contributed by atoms with Crippen molar-refractivity contribution in [2.45, 2.75) is 32.7 Å². The number of aryl methyl sites for hydroxylation is 1. The Morgan fingerprint density at radius 2 is 2.16 bits per heavy atom. The molecule has 106 valence electrons. The van der Waals surface area contributed by atoms with E-state index in [1.165, 1.54) is 5.56 Å². The largest absolute Gasteiger partial charge is 0.496 e. The normalized spacial score (nSPS) is 10.7. The van der Waals surface area contributed by atoms with Crippen LogP contribution in [-0.4, -0.2) is 36.7 Å². The lowest BCUT2D eigenvalue weighted by Crippen LogP contribution is -2.20. The maximum Gasteiger partial charge on any atom is 0.303 e. The van der Waals surface area contributed by atoms with Gasteiger partial charge in [-0.25, -0.2) is 0 Å². The highest BCUT2D eigenvalue weighted by atomic mass is 16.5. The molecule has 0 aliphatic carbocycles. The molecule has 0 aliphatic rings. The number of ether oxygens (including phenoxy) is 1. The first-order chi connectivity index (χ1) is 9.06. The molecule has 0 saturated carbocycles. The first-order valence-corrected chi connectivity index (χ1v) is 6.63. The van der Waals surface area contributed by atoms with Crippen LogP contribution in [-0.2, 0) is 17.8 Å². The van der Waals surface area contributed by atoms with Crippen molar-refractivity contribution in [3.63, 3.8) is 0 Å². The van der Waals surface area contributed by atoms with Crippen LogP contribution in [0.25, 0.3) is 0 Å². The fourth-order valence-electron chi connectivity index (χ4n) is 2.05. The van der Waals surface area contributed by atoms with Gasteiger partial charge >= 0.3 is 5.97 Å². The molecule has 0 spiro atoms. The molecule has 0 aromatic heterocycles. The maximum absolute atomic E-state index is 10.5. The van der Waals surface area contributed by atoms with Crippen LogP contribution >= 0.6 is 0 Å². The monoisotopic (exact) mass is 265 g/mol. The topological polar surface area (TPSA) is 49.8 Å². The molecule has 19 heavy (non-hydrogen) atoms. The molecule has 0 heterocycles. The van der Waals surface area contributed by atoms with Gasteiger partial charge in [0.15, 0.2) is 0 Å².